The fourth-order valence-electron chi connectivity index (χ4n) is 1.31. The van der Waals surface area contributed by atoms with E-state index in [4.69, 9.17) is 5.11 Å². The molecule has 0 saturated carbocycles. The minimum atomic E-state index is -3.77. The molecule has 0 amide bonds. The van der Waals surface area contributed by atoms with E-state index in [0.717, 1.165) is 6.07 Å². The fourth-order valence-corrected chi connectivity index (χ4v) is 3.14. The number of rotatable bonds is 7. The molecule has 1 rings (SSSR count). The van der Waals surface area contributed by atoms with Crippen molar-refractivity contribution >= 4 is 26.8 Å². The Balaban J connectivity index is 2.80. The molecule has 19 heavy (non-hydrogen) atoms. The first-order chi connectivity index (χ1) is 8.86. The third-order valence-corrected chi connectivity index (χ3v) is 5.10. The molecule has 0 saturated heterocycles. The second-order valence-electron chi connectivity index (χ2n) is 3.66. The molecule has 0 bridgehead atoms. The maximum absolute atomic E-state index is 11.9. The van der Waals surface area contributed by atoms with Crippen molar-refractivity contribution in [2.24, 2.45) is 0 Å². The first-order valence-electron chi connectivity index (χ1n) is 5.55. The van der Waals surface area contributed by atoms with Crippen molar-refractivity contribution in [3.8, 4) is 0 Å². The number of nitrogens with one attached hydrogen (secondary N) is 1. The number of benzene rings is 1. The van der Waals surface area contributed by atoms with Gasteiger partial charge in [0.05, 0.1) is 10.5 Å². The zero-order valence-electron chi connectivity index (χ0n) is 10.3. The van der Waals surface area contributed by atoms with E-state index in [1.165, 1.54) is 18.2 Å². The van der Waals surface area contributed by atoms with Crippen molar-refractivity contribution < 1.29 is 22.5 Å². The van der Waals surface area contributed by atoms with Crippen LogP contribution in [0.25, 0.3) is 0 Å². The van der Waals surface area contributed by atoms with Crippen LogP contribution in [0.1, 0.15) is 17.3 Å². The van der Waals surface area contributed by atoms with Crippen LogP contribution >= 0.6 is 0 Å². The maximum atomic E-state index is 11.9. The van der Waals surface area contributed by atoms with Crippen molar-refractivity contribution in [3.05, 3.63) is 29.8 Å². The number of carboxylic acids is 1. The van der Waals surface area contributed by atoms with Crippen molar-refractivity contribution in [1.29, 1.82) is 0 Å². The number of sulfonamides is 1. The van der Waals surface area contributed by atoms with Gasteiger partial charge in [-0.05, 0) is 18.2 Å². The molecular weight excluding hydrogens is 290 g/mol. The minimum Gasteiger partial charge on any atom is -0.478 e. The number of carboxylic acid groups (broad SMARTS) is 1. The summed E-state index contributed by atoms with van der Waals surface area (Å²) < 4.78 is 37.2. The summed E-state index contributed by atoms with van der Waals surface area (Å²) in [6.07, 6.45) is 0. The molecule has 0 aliphatic heterocycles. The molecule has 1 aromatic rings. The van der Waals surface area contributed by atoms with E-state index in [-0.39, 0.29) is 22.8 Å². The second kappa shape index (κ2) is 6.78. The predicted molar refractivity (Wildman–Crippen MR) is 72.1 cm³/mol. The summed E-state index contributed by atoms with van der Waals surface area (Å²) in [7, 11) is -4.82. The second-order valence-corrected chi connectivity index (χ2v) is 7.30. The lowest BCUT2D eigenvalue weighted by molar-refractivity contribution is 0.0696. The van der Waals surface area contributed by atoms with Crippen LogP contribution in [-0.4, -0.2) is 41.8 Å². The minimum absolute atomic E-state index is 0.0556. The Morgan fingerprint density at radius 2 is 2.11 bits per heavy atom. The van der Waals surface area contributed by atoms with Gasteiger partial charge in [-0.1, -0.05) is 13.0 Å². The van der Waals surface area contributed by atoms with Gasteiger partial charge in [0.25, 0.3) is 0 Å². The lowest BCUT2D eigenvalue weighted by Crippen LogP contribution is -2.28. The zero-order chi connectivity index (χ0) is 14.5. The molecule has 6 nitrogen and oxygen atoms in total. The third-order valence-electron chi connectivity index (χ3n) is 2.34. The summed E-state index contributed by atoms with van der Waals surface area (Å²) in [6, 6.07) is 5.07. The summed E-state index contributed by atoms with van der Waals surface area (Å²) >= 11 is 0. The normalized spacial score (nSPS) is 13.1. The Morgan fingerprint density at radius 3 is 2.68 bits per heavy atom. The van der Waals surface area contributed by atoms with E-state index in [0.29, 0.717) is 5.75 Å². The molecule has 0 radical (unpaired) electrons. The quantitative estimate of drug-likeness (QED) is 0.761. The summed E-state index contributed by atoms with van der Waals surface area (Å²) in [5.74, 6) is -0.492. The van der Waals surface area contributed by atoms with Crippen molar-refractivity contribution in [2.75, 3.05) is 18.1 Å². The monoisotopic (exact) mass is 305 g/mol. The smallest absolute Gasteiger partial charge is 0.335 e. The molecule has 0 aromatic heterocycles. The molecule has 0 fully saturated rings. The van der Waals surface area contributed by atoms with Crippen LogP contribution in [-0.2, 0) is 20.8 Å². The zero-order valence-corrected chi connectivity index (χ0v) is 12.0. The highest BCUT2D eigenvalue weighted by molar-refractivity contribution is 7.89. The summed E-state index contributed by atoms with van der Waals surface area (Å²) in [5.41, 5.74) is -0.0972. The molecule has 2 N–H and O–H groups in total. The number of hydrogen-bond donors (Lipinski definition) is 2. The molecular formula is C11H15NO5S2. The molecule has 0 heterocycles. The van der Waals surface area contributed by atoms with Crippen LogP contribution < -0.4 is 4.72 Å². The van der Waals surface area contributed by atoms with Crippen LogP contribution in [0, 0.1) is 0 Å². The van der Waals surface area contributed by atoms with Crippen molar-refractivity contribution in [3.63, 3.8) is 0 Å². The van der Waals surface area contributed by atoms with Crippen molar-refractivity contribution in [2.45, 2.75) is 11.8 Å². The van der Waals surface area contributed by atoms with Crippen LogP contribution in [0.4, 0.5) is 0 Å². The Labute approximate surface area is 114 Å². The van der Waals surface area contributed by atoms with Gasteiger partial charge in [0.2, 0.25) is 10.0 Å². The topological polar surface area (TPSA) is 101 Å². The SMILES string of the molecule is CCS(=O)CCNS(=O)(=O)c1cccc(C(=O)O)c1. The van der Waals surface area contributed by atoms with Crippen LogP contribution in [0.2, 0.25) is 0 Å². The van der Waals surface area contributed by atoms with Gasteiger partial charge in [-0.2, -0.15) is 0 Å². The largest absolute Gasteiger partial charge is 0.478 e. The number of carbonyl (C=O) groups is 1. The van der Waals surface area contributed by atoms with Gasteiger partial charge in [0.1, 0.15) is 0 Å². The molecule has 8 heteroatoms. The standard InChI is InChI=1S/C11H15NO5S2/c1-2-18(15)7-6-12-19(16,17)10-5-3-4-9(8-10)11(13)14/h3-5,8,12H,2,6-7H2,1H3,(H,13,14). The Bertz CT molecular complexity index is 583. The number of hydrogen-bond acceptors (Lipinski definition) is 4. The first kappa shape index (κ1) is 15.8. The highest BCUT2D eigenvalue weighted by Crippen LogP contribution is 2.11. The van der Waals surface area contributed by atoms with Crippen LogP contribution in [0.15, 0.2) is 29.2 Å². The highest BCUT2D eigenvalue weighted by Gasteiger charge is 2.15. The van der Waals surface area contributed by atoms with Gasteiger partial charge in [-0.15, -0.1) is 0 Å². The summed E-state index contributed by atoms with van der Waals surface area (Å²) in [4.78, 5) is 10.7. The molecule has 106 valence electrons. The van der Waals surface area contributed by atoms with Crippen LogP contribution in [0.5, 0.6) is 0 Å². The predicted octanol–water partition coefficient (Wildman–Crippen LogP) is 0.432. The average Bonchev–Trinajstić information content (AvgIpc) is 2.38. The third kappa shape index (κ3) is 4.73. The summed E-state index contributed by atoms with van der Waals surface area (Å²) in [5, 5.41) is 8.80. The lowest BCUT2D eigenvalue weighted by atomic mass is 10.2. The van der Waals surface area contributed by atoms with Crippen molar-refractivity contribution in [1.82, 2.24) is 4.72 Å². The lowest BCUT2D eigenvalue weighted by Gasteiger charge is -2.07. The molecule has 0 spiro atoms. The summed E-state index contributed by atoms with van der Waals surface area (Å²) in [6.45, 7) is 1.81. The van der Waals surface area contributed by atoms with Gasteiger partial charge in [-0.3, -0.25) is 4.21 Å². The van der Waals surface area contributed by atoms with E-state index in [2.05, 4.69) is 4.72 Å². The molecule has 1 atom stereocenters. The Morgan fingerprint density at radius 1 is 1.42 bits per heavy atom. The maximum Gasteiger partial charge on any atom is 0.335 e. The van der Waals surface area contributed by atoms with E-state index < -0.39 is 26.8 Å². The molecule has 1 aromatic carbocycles. The van der Waals surface area contributed by atoms with E-state index in [9.17, 15) is 17.4 Å². The Kier molecular flexibility index (Phi) is 5.64. The van der Waals surface area contributed by atoms with E-state index in [1.807, 2.05) is 0 Å². The molecule has 0 aliphatic carbocycles. The van der Waals surface area contributed by atoms with Gasteiger partial charge < -0.3 is 5.11 Å². The van der Waals surface area contributed by atoms with E-state index >= 15 is 0 Å². The van der Waals surface area contributed by atoms with Gasteiger partial charge in [-0.25, -0.2) is 17.9 Å². The fraction of sp³-hybridized carbons (Fsp3) is 0.364. The first-order valence-corrected chi connectivity index (χ1v) is 8.52. The van der Waals surface area contributed by atoms with E-state index in [1.54, 1.807) is 6.92 Å². The van der Waals surface area contributed by atoms with Crippen LogP contribution in [0.3, 0.4) is 0 Å². The Hall–Kier alpha value is -1.25. The van der Waals surface area contributed by atoms with Gasteiger partial charge in [0.15, 0.2) is 0 Å². The average molecular weight is 305 g/mol. The molecule has 1 unspecified atom stereocenters. The molecule has 0 aliphatic rings. The highest BCUT2D eigenvalue weighted by atomic mass is 32.2. The van der Waals surface area contributed by atoms with Gasteiger partial charge in [0, 0.05) is 28.9 Å². The van der Waals surface area contributed by atoms with Gasteiger partial charge >= 0.3 is 5.97 Å². The number of aromatic carboxylic acids is 1.